The Labute approximate surface area is 422 Å². The van der Waals surface area contributed by atoms with E-state index in [2.05, 4.69) is 271 Å². The summed E-state index contributed by atoms with van der Waals surface area (Å²) >= 11 is 1.89. The van der Waals surface area contributed by atoms with Crippen molar-refractivity contribution in [3.63, 3.8) is 0 Å². The highest BCUT2D eigenvalue weighted by atomic mass is 32.1. The van der Waals surface area contributed by atoms with Crippen LogP contribution in [0.3, 0.4) is 0 Å². The van der Waals surface area contributed by atoms with E-state index in [-0.39, 0.29) is 0 Å². The van der Waals surface area contributed by atoms with Gasteiger partial charge in [-0.3, -0.25) is 0 Å². The van der Waals surface area contributed by atoms with Crippen LogP contribution in [-0.2, 0) is 0 Å². The maximum atomic E-state index is 5.36. The third-order valence-corrected chi connectivity index (χ3v) is 15.7. The van der Waals surface area contributed by atoms with Crippen LogP contribution in [0.4, 0.5) is 0 Å². The molecule has 0 saturated carbocycles. The molecule has 0 saturated heterocycles. The van der Waals surface area contributed by atoms with Gasteiger partial charge in [-0.05, 0) is 109 Å². The molecule has 11 aromatic carbocycles. The van der Waals surface area contributed by atoms with Gasteiger partial charge in [-0.1, -0.05) is 218 Å². The zero-order valence-electron chi connectivity index (χ0n) is 39.2. The van der Waals surface area contributed by atoms with E-state index in [1.165, 1.54) is 97.3 Å². The number of pyridine rings is 1. The molecule has 0 amide bonds. The second kappa shape index (κ2) is 17.4. The Hall–Kier alpha value is -9.15. The second-order valence-corrected chi connectivity index (χ2v) is 19.7. The monoisotopic (exact) mass is 932 g/mol. The summed E-state index contributed by atoms with van der Waals surface area (Å²) in [7, 11) is 0. The molecule has 336 valence electrons. The van der Waals surface area contributed by atoms with Gasteiger partial charge in [0.05, 0.1) is 22.4 Å². The highest BCUT2D eigenvalue weighted by molar-refractivity contribution is 7.26. The number of rotatable bonds is 8. The topological polar surface area (TPSA) is 17.8 Å². The zero-order chi connectivity index (χ0) is 47.5. The molecule has 0 aliphatic heterocycles. The third-order valence-electron chi connectivity index (χ3n) is 14.5. The van der Waals surface area contributed by atoms with Gasteiger partial charge in [0, 0.05) is 53.3 Å². The van der Waals surface area contributed by atoms with Crippen molar-refractivity contribution in [2.24, 2.45) is 0 Å². The summed E-state index contributed by atoms with van der Waals surface area (Å²) < 4.78 is 5.06. The van der Waals surface area contributed by atoms with Crippen LogP contribution >= 0.6 is 11.3 Å². The molecule has 0 spiro atoms. The van der Waals surface area contributed by atoms with Crippen LogP contribution in [0.15, 0.2) is 267 Å². The minimum absolute atomic E-state index is 0.930. The van der Waals surface area contributed by atoms with Gasteiger partial charge in [0.25, 0.3) is 0 Å². The van der Waals surface area contributed by atoms with Gasteiger partial charge in [0.15, 0.2) is 0 Å². The summed E-state index contributed by atoms with van der Waals surface area (Å²) in [6.45, 7) is 0. The predicted octanol–water partition coefficient (Wildman–Crippen LogP) is 19.4. The van der Waals surface area contributed by atoms with Gasteiger partial charge in [-0.2, -0.15) is 0 Å². The smallest absolute Gasteiger partial charge is 0.0715 e. The summed E-state index contributed by atoms with van der Waals surface area (Å²) in [5, 5.41) is 7.61. The number of nitrogens with zero attached hydrogens (tertiary/aromatic N) is 2. The molecule has 3 heteroatoms. The van der Waals surface area contributed by atoms with Crippen LogP contribution in [0, 0.1) is 0 Å². The van der Waals surface area contributed by atoms with Crippen molar-refractivity contribution < 1.29 is 0 Å². The molecule has 0 radical (unpaired) electrons. The summed E-state index contributed by atoms with van der Waals surface area (Å²) in [5.74, 6) is 0. The average Bonchev–Trinajstić information content (AvgIpc) is 4.01. The average molecular weight is 933 g/mol. The lowest BCUT2D eigenvalue weighted by atomic mass is 9.92. The minimum Gasteiger partial charge on any atom is -0.309 e. The number of aromatic nitrogens is 2. The Bertz CT molecular complexity index is 4240. The Balaban J connectivity index is 0.842. The highest BCUT2D eigenvalue weighted by Gasteiger charge is 2.18. The lowest BCUT2D eigenvalue weighted by Crippen LogP contribution is -1.95. The molecule has 14 aromatic rings. The first kappa shape index (κ1) is 41.8. The quantitative estimate of drug-likeness (QED) is 0.148. The van der Waals surface area contributed by atoms with Gasteiger partial charge in [0.2, 0.25) is 0 Å². The van der Waals surface area contributed by atoms with Gasteiger partial charge >= 0.3 is 0 Å². The number of benzene rings is 11. The van der Waals surface area contributed by atoms with Crippen molar-refractivity contribution in [1.82, 2.24) is 9.55 Å². The van der Waals surface area contributed by atoms with Crippen molar-refractivity contribution in [2.45, 2.75) is 0 Å². The SMILES string of the molecule is c1ccc(-c2ccc(-c3cc(-c4ccc(-c5ccccc5)cc4)nc(-c4ccc(-n5c6ccccc6c6cc(-c7cccc8c(-c9cccc%10c9sc9ccccc9%10)cccc78)ccc65)cc4)c3)cc2)cc1. The molecule has 0 bridgehead atoms. The van der Waals surface area contributed by atoms with Crippen molar-refractivity contribution in [3.05, 3.63) is 267 Å². The molecule has 0 aliphatic rings. The number of hydrogen-bond acceptors (Lipinski definition) is 2. The molecular weight excluding hydrogens is 889 g/mol. The van der Waals surface area contributed by atoms with Crippen LogP contribution in [0.25, 0.3) is 137 Å². The first-order chi connectivity index (χ1) is 35.7. The Morgan fingerprint density at radius 1 is 0.264 bits per heavy atom. The van der Waals surface area contributed by atoms with Crippen LogP contribution in [0.5, 0.6) is 0 Å². The highest BCUT2D eigenvalue weighted by Crippen LogP contribution is 2.44. The van der Waals surface area contributed by atoms with Crippen LogP contribution in [0.1, 0.15) is 0 Å². The molecule has 3 aromatic heterocycles. The predicted molar refractivity (Wildman–Crippen MR) is 307 cm³/mol. The molecular formula is C69H44N2S. The molecule has 0 atom stereocenters. The van der Waals surface area contributed by atoms with Crippen molar-refractivity contribution in [2.75, 3.05) is 0 Å². The largest absolute Gasteiger partial charge is 0.309 e. The third kappa shape index (κ3) is 7.21. The Kier molecular flexibility index (Phi) is 10.1. The van der Waals surface area contributed by atoms with E-state index in [0.717, 1.165) is 39.3 Å². The summed E-state index contributed by atoms with van der Waals surface area (Å²) in [6, 6.07) is 97.1. The summed E-state index contributed by atoms with van der Waals surface area (Å²) in [5.41, 5.74) is 19.5. The summed E-state index contributed by atoms with van der Waals surface area (Å²) in [6.07, 6.45) is 0. The fraction of sp³-hybridized carbons (Fsp3) is 0. The van der Waals surface area contributed by atoms with Crippen LogP contribution < -0.4 is 0 Å². The fourth-order valence-corrected chi connectivity index (χ4v) is 12.1. The van der Waals surface area contributed by atoms with E-state index in [9.17, 15) is 0 Å². The van der Waals surface area contributed by atoms with Gasteiger partial charge in [0.1, 0.15) is 0 Å². The number of fused-ring (bicyclic) bond motifs is 7. The van der Waals surface area contributed by atoms with Gasteiger partial charge in [-0.15, -0.1) is 11.3 Å². The van der Waals surface area contributed by atoms with E-state index in [0.29, 0.717) is 0 Å². The van der Waals surface area contributed by atoms with Crippen molar-refractivity contribution >= 4 is 64.1 Å². The van der Waals surface area contributed by atoms with Gasteiger partial charge in [-0.25, -0.2) is 4.98 Å². The van der Waals surface area contributed by atoms with Crippen molar-refractivity contribution in [3.8, 4) is 83.8 Å². The van der Waals surface area contributed by atoms with E-state index in [4.69, 9.17) is 4.98 Å². The molecule has 14 rings (SSSR count). The number of thiophene rings is 1. The molecule has 72 heavy (non-hydrogen) atoms. The van der Waals surface area contributed by atoms with Crippen LogP contribution in [0.2, 0.25) is 0 Å². The number of para-hydroxylation sites is 1. The first-order valence-electron chi connectivity index (χ1n) is 24.6. The minimum atomic E-state index is 0.930. The van der Waals surface area contributed by atoms with E-state index in [1.807, 2.05) is 11.3 Å². The Morgan fingerprint density at radius 3 is 1.39 bits per heavy atom. The van der Waals surface area contributed by atoms with Crippen molar-refractivity contribution in [1.29, 1.82) is 0 Å². The fourth-order valence-electron chi connectivity index (χ4n) is 10.9. The molecule has 0 fully saturated rings. The normalized spacial score (nSPS) is 11.6. The second-order valence-electron chi connectivity index (χ2n) is 18.6. The van der Waals surface area contributed by atoms with E-state index >= 15 is 0 Å². The van der Waals surface area contributed by atoms with Crippen LogP contribution in [-0.4, -0.2) is 9.55 Å². The standard InChI is InChI=1S/C69H44N2S/c1-3-14-45(15-4-1)47-28-30-49(31-29-47)53-43-64(50-34-32-48(33-35-50)46-16-5-2-6-17-46)70-65(44-53)51-36-39-54(40-37-51)71-66-26-9-7-18-59(66)63-42-52(38-41-67(63)71)55-20-11-22-57-56(55)21-12-23-58(57)61-24-13-25-62-60-19-8-10-27-68(60)72-69(61)62/h1-44H. The molecule has 3 heterocycles. The molecule has 2 nitrogen and oxygen atoms in total. The first-order valence-corrected chi connectivity index (χ1v) is 25.4. The summed E-state index contributed by atoms with van der Waals surface area (Å²) in [4.78, 5) is 5.36. The molecule has 0 unspecified atom stereocenters. The Morgan fingerprint density at radius 2 is 0.722 bits per heavy atom. The maximum Gasteiger partial charge on any atom is 0.0715 e. The zero-order valence-corrected chi connectivity index (χ0v) is 40.0. The molecule has 0 N–H and O–H groups in total. The molecule has 0 aliphatic carbocycles. The maximum absolute atomic E-state index is 5.36. The lowest BCUT2D eigenvalue weighted by molar-refractivity contribution is 1.18. The van der Waals surface area contributed by atoms with Gasteiger partial charge < -0.3 is 4.57 Å². The van der Waals surface area contributed by atoms with E-state index in [1.54, 1.807) is 0 Å². The lowest BCUT2D eigenvalue weighted by Gasteiger charge is -2.13. The van der Waals surface area contributed by atoms with E-state index < -0.39 is 0 Å². The number of hydrogen-bond donors (Lipinski definition) is 0.